The van der Waals surface area contributed by atoms with Gasteiger partial charge in [-0.15, -0.1) is 0 Å². The fraction of sp³-hybridized carbons (Fsp3) is 0.667. The number of aromatic nitrogens is 2. The molecule has 1 saturated carbocycles. The van der Waals surface area contributed by atoms with E-state index in [4.69, 9.17) is 0 Å². The van der Waals surface area contributed by atoms with Crippen LogP contribution in [0.4, 0.5) is 10.6 Å². The third-order valence-corrected chi connectivity index (χ3v) is 5.46. The third kappa shape index (κ3) is 3.20. The number of hydrogen-bond acceptors (Lipinski definition) is 4. The molecule has 8 nitrogen and oxygen atoms in total. The van der Waals surface area contributed by atoms with Crippen LogP contribution >= 0.6 is 0 Å². The van der Waals surface area contributed by atoms with Gasteiger partial charge in [0.2, 0.25) is 5.91 Å². The molecule has 2 aliphatic rings. The highest BCUT2D eigenvalue weighted by Crippen LogP contribution is 2.38. The number of aromatic amines is 1. The number of carbonyl (C=O) groups is 3. The van der Waals surface area contributed by atoms with Gasteiger partial charge >= 0.3 is 6.03 Å². The van der Waals surface area contributed by atoms with E-state index in [9.17, 15) is 14.4 Å². The number of amides is 4. The van der Waals surface area contributed by atoms with Gasteiger partial charge in [0.1, 0.15) is 12.1 Å². The average molecular weight is 361 g/mol. The summed E-state index contributed by atoms with van der Waals surface area (Å²) < 4.78 is 0. The Morgan fingerprint density at radius 3 is 2.73 bits per heavy atom. The molecule has 1 aliphatic heterocycles. The number of imide groups is 1. The molecule has 26 heavy (non-hydrogen) atoms. The van der Waals surface area contributed by atoms with Crippen LogP contribution in [0.1, 0.15) is 59.1 Å². The average Bonchev–Trinajstić information content (AvgIpc) is 3.10. The van der Waals surface area contributed by atoms with Crippen molar-refractivity contribution in [3.8, 4) is 0 Å². The summed E-state index contributed by atoms with van der Waals surface area (Å²) in [5.74, 6) is -0.280. The summed E-state index contributed by atoms with van der Waals surface area (Å²) in [7, 11) is 0. The SMILES string of the molecule is CC1CCCCC12NC(=O)N(CC(=O)Nc1cc(C(C)(C)C)[nH]n1)C2=O. The van der Waals surface area contributed by atoms with Crippen molar-refractivity contribution in [2.75, 3.05) is 11.9 Å². The molecule has 1 aliphatic carbocycles. The van der Waals surface area contributed by atoms with Gasteiger partial charge < -0.3 is 10.6 Å². The van der Waals surface area contributed by atoms with Gasteiger partial charge in [0.05, 0.1) is 0 Å². The van der Waals surface area contributed by atoms with Crippen molar-refractivity contribution >= 4 is 23.7 Å². The summed E-state index contributed by atoms with van der Waals surface area (Å²) >= 11 is 0. The van der Waals surface area contributed by atoms with Crippen molar-refractivity contribution < 1.29 is 14.4 Å². The van der Waals surface area contributed by atoms with Crippen molar-refractivity contribution in [2.45, 2.75) is 64.3 Å². The number of H-pyrrole nitrogens is 1. The lowest BCUT2D eigenvalue weighted by molar-refractivity contribution is -0.136. The fourth-order valence-corrected chi connectivity index (χ4v) is 3.73. The maximum atomic E-state index is 12.9. The Morgan fingerprint density at radius 2 is 2.12 bits per heavy atom. The standard InChI is InChI=1S/C18H27N5O3/c1-11-7-5-6-8-18(11)15(25)23(16(26)20-18)10-14(24)19-13-9-12(21-22-13)17(2,3)4/h9,11H,5-8,10H2,1-4H3,(H,20,26)(H2,19,21,22,24). The van der Waals surface area contributed by atoms with Crippen LogP contribution in [-0.2, 0) is 15.0 Å². The van der Waals surface area contributed by atoms with Crippen LogP contribution in [0.15, 0.2) is 6.07 Å². The van der Waals surface area contributed by atoms with E-state index in [0.29, 0.717) is 12.2 Å². The van der Waals surface area contributed by atoms with Gasteiger partial charge in [-0.3, -0.25) is 19.6 Å². The molecule has 142 valence electrons. The van der Waals surface area contributed by atoms with E-state index in [1.807, 2.05) is 27.7 Å². The second-order valence-electron chi connectivity index (χ2n) is 8.40. The van der Waals surface area contributed by atoms with E-state index in [1.165, 1.54) is 0 Å². The van der Waals surface area contributed by atoms with Crippen LogP contribution in [0, 0.1) is 5.92 Å². The highest BCUT2D eigenvalue weighted by atomic mass is 16.2. The Labute approximate surface area is 153 Å². The summed E-state index contributed by atoms with van der Waals surface area (Å²) in [6, 6.07) is 1.27. The van der Waals surface area contributed by atoms with Gasteiger partial charge in [0, 0.05) is 17.2 Å². The van der Waals surface area contributed by atoms with E-state index >= 15 is 0 Å². The minimum absolute atomic E-state index is 0.0708. The van der Waals surface area contributed by atoms with E-state index in [0.717, 1.165) is 29.9 Å². The molecule has 0 radical (unpaired) electrons. The zero-order valence-corrected chi connectivity index (χ0v) is 15.8. The minimum Gasteiger partial charge on any atom is -0.323 e. The maximum Gasteiger partial charge on any atom is 0.325 e. The summed E-state index contributed by atoms with van der Waals surface area (Å²) in [6.45, 7) is 7.77. The van der Waals surface area contributed by atoms with Crippen molar-refractivity contribution in [3.63, 3.8) is 0 Å². The molecule has 1 saturated heterocycles. The zero-order valence-electron chi connectivity index (χ0n) is 15.8. The second kappa shape index (κ2) is 6.41. The summed E-state index contributed by atoms with van der Waals surface area (Å²) in [5, 5.41) is 12.5. The summed E-state index contributed by atoms with van der Waals surface area (Å²) in [6.07, 6.45) is 3.49. The first-order valence-electron chi connectivity index (χ1n) is 9.13. The van der Waals surface area contributed by atoms with Crippen molar-refractivity contribution in [1.29, 1.82) is 0 Å². The lowest BCUT2D eigenvalue weighted by Crippen LogP contribution is -2.54. The van der Waals surface area contributed by atoms with E-state index in [-0.39, 0.29) is 23.8 Å². The Morgan fingerprint density at radius 1 is 1.38 bits per heavy atom. The summed E-state index contributed by atoms with van der Waals surface area (Å²) in [5.41, 5.74) is -0.0798. The first kappa shape index (κ1) is 18.4. The fourth-order valence-electron chi connectivity index (χ4n) is 3.73. The van der Waals surface area contributed by atoms with Crippen LogP contribution in [0.25, 0.3) is 0 Å². The molecule has 1 aromatic heterocycles. The minimum atomic E-state index is -0.846. The van der Waals surface area contributed by atoms with Crippen LogP contribution in [0.3, 0.4) is 0 Å². The molecule has 0 bridgehead atoms. The second-order valence-corrected chi connectivity index (χ2v) is 8.40. The highest BCUT2D eigenvalue weighted by Gasteiger charge is 2.55. The van der Waals surface area contributed by atoms with Gasteiger partial charge in [0.15, 0.2) is 5.82 Å². The molecule has 2 unspecified atom stereocenters. The Balaban J connectivity index is 1.67. The van der Waals surface area contributed by atoms with Gasteiger partial charge in [0.25, 0.3) is 5.91 Å². The molecule has 1 spiro atoms. The van der Waals surface area contributed by atoms with Crippen LogP contribution in [0.2, 0.25) is 0 Å². The quantitative estimate of drug-likeness (QED) is 0.717. The number of hydrogen-bond donors (Lipinski definition) is 3. The van der Waals surface area contributed by atoms with Crippen molar-refractivity contribution in [2.24, 2.45) is 5.92 Å². The molecule has 2 heterocycles. The molecule has 3 N–H and O–H groups in total. The number of urea groups is 1. The van der Waals surface area contributed by atoms with E-state index < -0.39 is 17.5 Å². The molecule has 1 aromatic rings. The van der Waals surface area contributed by atoms with Gasteiger partial charge in [-0.05, 0) is 18.8 Å². The van der Waals surface area contributed by atoms with E-state index in [1.54, 1.807) is 6.07 Å². The molecular weight excluding hydrogens is 334 g/mol. The van der Waals surface area contributed by atoms with Crippen LogP contribution in [0.5, 0.6) is 0 Å². The predicted molar refractivity (Wildman–Crippen MR) is 96.5 cm³/mol. The Bertz CT molecular complexity index is 735. The first-order valence-corrected chi connectivity index (χ1v) is 9.13. The smallest absolute Gasteiger partial charge is 0.323 e. The van der Waals surface area contributed by atoms with Crippen molar-refractivity contribution in [3.05, 3.63) is 11.8 Å². The molecule has 4 amide bonds. The number of nitrogens with one attached hydrogen (secondary N) is 3. The van der Waals surface area contributed by atoms with Crippen LogP contribution in [-0.4, -0.2) is 45.0 Å². The molecule has 2 atom stereocenters. The largest absolute Gasteiger partial charge is 0.325 e. The number of carbonyl (C=O) groups excluding carboxylic acids is 3. The Hall–Kier alpha value is -2.38. The van der Waals surface area contributed by atoms with Gasteiger partial charge in [-0.1, -0.05) is 40.5 Å². The predicted octanol–water partition coefficient (Wildman–Crippen LogP) is 2.15. The van der Waals surface area contributed by atoms with Gasteiger partial charge in [-0.25, -0.2) is 4.79 Å². The monoisotopic (exact) mass is 361 g/mol. The van der Waals surface area contributed by atoms with Crippen LogP contribution < -0.4 is 10.6 Å². The highest BCUT2D eigenvalue weighted by molar-refractivity contribution is 6.10. The number of rotatable bonds is 3. The van der Waals surface area contributed by atoms with E-state index in [2.05, 4.69) is 20.8 Å². The normalized spacial score (nSPS) is 26.3. The number of nitrogens with zero attached hydrogens (tertiary/aromatic N) is 2. The zero-order chi connectivity index (χ0) is 19.1. The van der Waals surface area contributed by atoms with Gasteiger partial charge in [-0.2, -0.15) is 5.10 Å². The molecule has 0 aromatic carbocycles. The first-order chi connectivity index (χ1) is 12.1. The Kier molecular flexibility index (Phi) is 4.54. The topological polar surface area (TPSA) is 107 Å². The maximum absolute atomic E-state index is 12.9. The summed E-state index contributed by atoms with van der Waals surface area (Å²) in [4.78, 5) is 38.5. The lowest BCUT2D eigenvalue weighted by Gasteiger charge is -2.36. The molecular formula is C18H27N5O3. The molecule has 2 fully saturated rings. The molecule has 8 heteroatoms. The number of anilines is 1. The molecule has 3 rings (SSSR count). The van der Waals surface area contributed by atoms with Crippen molar-refractivity contribution in [1.82, 2.24) is 20.4 Å². The third-order valence-electron chi connectivity index (χ3n) is 5.46. The lowest BCUT2D eigenvalue weighted by atomic mass is 9.73.